The van der Waals surface area contributed by atoms with E-state index in [9.17, 15) is 0 Å². The van der Waals surface area contributed by atoms with E-state index in [2.05, 4.69) is 27.5 Å². The molecule has 2 saturated carbocycles. The number of aromatic nitrogens is 2. The zero-order chi connectivity index (χ0) is 11.8. The predicted molar refractivity (Wildman–Crippen MR) is 69.3 cm³/mol. The zero-order valence-electron chi connectivity index (χ0n) is 10.5. The number of hydrogen-bond acceptors (Lipinski definition) is 4. The first-order valence-corrected chi connectivity index (χ1v) is 6.57. The van der Waals surface area contributed by atoms with Gasteiger partial charge in [0, 0.05) is 25.6 Å². The van der Waals surface area contributed by atoms with Crippen molar-refractivity contribution in [1.29, 1.82) is 0 Å². The van der Waals surface area contributed by atoms with Crippen LogP contribution >= 0.6 is 0 Å². The van der Waals surface area contributed by atoms with Gasteiger partial charge >= 0.3 is 0 Å². The average molecular weight is 232 g/mol. The Balaban J connectivity index is 1.70. The molecule has 0 spiro atoms. The van der Waals surface area contributed by atoms with Crippen LogP contribution in [0.5, 0.6) is 0 Å². The highest BCUT2D eigenvalue weighted by atomic mass is 15.1. The molecule has 0 amide bonds. The maximum atomic E-state index is 4.61. The molecule has 4 nitrogen and oxygen atoms in total. The van der Waals surface area contributed by atoms with Gasteiger partial charge in [0.15, 0.2) is 0 Å². The molecule has 4 heteroatoms. The van der Waals surface area contributed by atoms with E-state index in [-0.39, 0.29) is 0 Å². The summed E-state index contributed by atoms with van der Waals surface area (Å²) in [6.07, 6.45) is 3.84. The Morgan fingerprint density at radius 2 is 2.00 bits per heavy atom. The first-order chi connectivity index (χ1) is 8.26. The van der Waals surface area contributed by atoms with Gasteiger partial charge in [0.25, 0.3) is 0 Å². The summed E-state index contributed by atoms with van der Waals surface area (Å²) in [5.41, 5.74) is 0. The summed E-state index contributed by atoms with van der Waals surface area (Å²) >= 11 is 0. The Hall–Kier alpha value is -1.32. The van der Waals surface area contributed by atoms with Crippen LogP contribution in [0.25, 0.3) is 0 Å². The fourth-order valence-corrected chi connectivity index (χ4v) is 2.13. The van der Waals surface area contributed by atoms with Crippen LogP contribution in [0.4, 0.5) is 11.6 Å². The second kappa shape index (κ2) is 4.17. The molecule has 2 aliphatic carbocycles. The summed E-state index contributed by atoms with van der Waals surface area (Å²) in [5, 5.41) is 6.55. The Labute approximate surface area is 102 Å². The summed E-state index contributed by atoms with van der Waals surface area (Å²) in [4.78, 5) is 9.12. The molecule has 0 saturated heterocycles. The summed E-state index contributed by atoms with van der Waals surface area (Å²) in [7, 11) is 1.91. The van der Waals surface area contributed by atoms with Gasteiger partial charge in [0.2, 0.25) is 0 Å². The van der Waals surface area contributed by atoms with E-state index in [0.717, 1.165) is 35.8 Å². The van der Waals surface area contributed by atoms with E-state index in [1.165, 1.54) is 19.3 Å². The van der Waals surface area contributed by atoms with Crippen molar-refractivity contribution < 1.29 is 0 Å². The van der Waals surface area contributed by atoms with Gasteiger partial charge in [0.05, 0.1) is 0 Å². The maximum Gasteiger partial charge on any atom is 0.136 e. The maximum absolute atomic E-state index is 4.61. The van der Waals surface area contributed by atoms with Gasteiger partial charge in [-0.2, -0.15) is 0 Å². The average Bonchev–Trinajstić information content (AvgIpc) is 3.22. The Kier molecular flexibility index (Phi) is 2.65. The van der Waals surface area contributed by atoms with Gasteiger partial charge in [-0.05, 0) is 31.1 Å². The van der Waals surface area contributed by atoms with E-state index in [4.69, 9.17) is 0 Å². The van der Waals surface area contributed by atoms with Crippen LogP contribution < -0.4 is 10.6 Å². The van der Waals surface area contributed by atoms with Gasteiger partial charge in [-0.25, -0.2) is 9.97 Å². The van der Waals surface area contributed by atoms with Crippen LogP contribution in [0, 0.1) is 11.8 Å². The van der Waals surface area contributed by atoms with Crippen LogP contribution in [0.2, 0.25) is 0 Å². The first kappa shape index (κ1) is 10.8. The molecule has 92 valence electrons. The largest absolute Gasteiger partial charge is 0.373 e. The smallest absolute Gasteiger partial charge is 0.136 e. The molecular weight excluding hydrogens is 212 g/mol. The Morgan fingerprint density at radius 1 is 1.29 bits per heavy atom. The molecule has 0 radical (unpaired) electrons. The topological polar surface area (TPSA) is 49.8 Å². The summed E-state index contributed by atoms with van der Waals surface area (Å²) in [5.74, 6) is 5.23. The van der Waals surface area contributed by atoms with Crippen LogP contribution in [-0.2, 0) is 0 Å². The highest BCUT2D eigenvalue weighted by molar-refractivity contribution is 5.48. The summed E-state index contributed by atoms with van der Waals surface area (Å²) < 4.78 is 0. The van der Waals surface area contributed by atoms with Crippen molar-refractivity contribution in [3.8, 4) is 0 Å². The molecule has 2 fully saturated rings. The van der Waals surface area contributed by atoms with Crippen LogP contribution in [-0.4, -0.2) is 23.6 Å². The van der Waals surface area contributed by atoms with Crippen molar-refractivity contribution in [3.63, 3.8) is 0 Å². The summed E-state index contributed by atoms with van der Waals surface area (Å²) in [6, 6.07) is 2.00. The number of nitrogens with zero attached hydrogens (tertiary/aromatic N) is 2. The molecule has 0 bridgehead atoms. The molecule has 2 aliphatic rings. The van der Waals surface area contributed by atoms with E-state index in [1.54, 1.807) is 0 Å². The lowest BCUT2D eigenvalue weighted by Crippen LogP contribution is -2.09. The molecule has 3 rings (SSSR count). The monoisotopic (exact) mass is 232 g/mol. The van der Waals surface area contributed by atoms with Crippen molar-refractivity contribution in [2.24, 2.45) is 11.8 Å². The number of hydrogen-bond donors (Lipinski definition) is 2. The highest BCUT2D eigenvalue weighted by Crippen LogP contribution is 2.39. The number of nitrogens with one attached hydrogen (secondary N) is 2. The van der Waals surface area contributed by atoms with E-state index in [0.29, 0.717) is 5.92 Å². The van der Waals surface area contributed by atoms with Gasteiger partial charge in [-0.3, -0.25) is 0 Å². The second-order valence-corrected chi connectivity index (χ2v) is 5.37. The van der Waals surface area contributed by atoms with Gasteiger partial charge < -0.3 is 10.6 Å². The van der Waals surface area contributed by atoms with E-state index in [1.807, 2.05) is 13.1 Å². The Bertz CT molecular complexity index is 414. The predicted octanol–water partition coefficient (Wildman–Crippen LogP) is 2.46. The van der Waals surface area contributed by atoms with Gasteiger partial charge in [-0.1, -0.05) is 6.92 Å². The molecule has 1 aromatic heterocycles. The molecule has 2 unspecified atom stereocenters. The van der Waals surface area contributed by atoms with Crippen molar-refractivity contribution in [2.75, 3.05) is 24.2 Å². The molecule has 2 N–H and O–H groups in total. The van der Waals surface area contributed by atoms with Crippen molar-refractivity contribution in [2.45, 2.75) is 32.1 Å². The van der Waals surface area contributed by atoms with E-state index < -0.39 is 0 Å². The van der Waals surface area contributed by atoms with Crippen molar-refractivity contribution in [3.05, 3.63) is 11.9 Å². The lowest BCUT2D eigenvalue weighted by Gasteiger charge is -2.09. The lowest BCUT2D eigenvalue weighted by molar-refractivity contribution is 0.782. The molecular formula is C13H20N4. The number of anilines is 2. The van der Waals surface area contributed by atoms with Crippen LogP contribution in [0.3, 0.4) is 0 Å². The fourth-order valence-electron chi connectivity index (χ4n) is 2.13. The highest BCUT2D eigenvalue weighted by Gasteiger charge is 2.32. The SMILES string of the molecule is CNc1cc(NCC2CC2C)nc(C2CC2)n1. The number of rotatable bonds is 5. The second-order valence-electron chi connectivity index (χ2n) is 5.37. The third kappa shape index (κ3) is 2.51. The molecule has 1 aromatic rings. The standard InChI is InChI=1S/C13H20N4/c1-8-5-10(8)7-15-12-6-11(14-2)16-13(17-12)9-3-4-9/h6,8-10H,3-5,7H2,1-2H3,(H2,14,15,16,17). The minimum Gasteiger partial charge on any atom is -0.373 e. The minimum atomic E-state index is 0.601. The van der Waals surface area contributed by atoms with Crippen LogP contribution in [0.15, 0.2) is 6.07 Å². The molecule has 0 aromatic carbocycles. The van der Waals surface area contributed by atoms with Crippen LogP contribution in [0.1, 0.15) is 37.9 Å². The van der Waals surface area contributed by atoms with Gasteiger partial charge in [-0.15, -0.1) is 0 Å². The lowest BCUT2D eigenvalue weighted by atomic mass is 10.3. The minimum absolute atomic E-state index is 0.601. The first-order valence-electron chi connectivity index (χ1n) is 6.57. The quantitative estimate of drug-likeness (QED) is 0.818. The normalized spacial score (nSPS) is 26.7. The molecule has 0 aliphatic heterocycles. The fraction of sp³-hybridized carbons (Fsp3) is 0.692. The summed E-state index contributed by atoms with van der Waals surface area (Å²) in [6.45, 7) is 3.35. The van der Waals surface area contributed by atoms with Crippen molar-refractivity contribution >= 4 is 11.6 Å². The van der Waals surface area contributed by atoms with Crippen molar-refractivity contribution in [1.82, 2.24) is 9.97 Å². The molecule has 17 heavy (non-hydrogen) atoms. The third-order valence-electron chi connectivity index (χ3n) is 3.76. The molecule has 2 atom stereocenters. The molecule has 1 heterocycles. The van der Waals surface area contributed by atoms with Gasteiger partial charge in [0.1, 0.15) is 17.5 Å². The van der Waals surface area contributed by atoms with E-state index >= 15 is 0 Å². The Morgan fingerprint density at radius 3 is 2.59 bits per heavy atom. The zero-order valence-corrected chi connectivity index (χ0v) is 10.5. The third-order valence-corrected chi connectivity index (χ3v) is 3.76.